The van der Waals surface area contributed by atoms with E-state index in [-0.39, 0.29) is 5.56 Å². The summed E-state index contributed by atoms with van der Waals surface area (Å²) in [5.41, 5.74) is 1.35. The summed E-state index contributed by atoms with van der Waals surface area (Å²) < 4.78 is 29.8. The Bertz CT molecular complexity index is 849. The van der Waals surface area contributed by atoms with Gasteiger partial charge >= 0.3 is 0 Å². The van der Waals surface area contributed by atoms with Gasteiger partial charge < -0.3 is 0 Å². The molecule has 24 heavy (non-hydrogen) atoms. The molecule has 0 N–H and O–H groups in total. The smallest absolute Gasteiger partial charge is 0.173 e. The number of tetrazole rings is 1. The molecule has 5 nitrogen and oxygen atoms in total. The Hall–Kier alpha value is -2.67. The fourth-order valence-electron chi connectivity index (χ4n) is 3.14. The summed E-state index contributed by atoms with van der Waals surface area (Å²) in [5, 5.41) is 11.7. The highest BCUT2D eigenvalue weighted by atomic mass is 19.2. The van der Waals surface area contributed by atoms with E-state index < -0.39 is 17.7 Å². The number of nitrogens with zero attached hydrogens (tertiary/aromatic N) is 5. The van der Waals surface area contributed by atoms with Crippen molar-refractivity contribution in [1.82, 2.24) is 25.1 Å². The lowest BCUT2D eigenvalue weighted by atomic mass is 10.0. The van der Waals surface area contributed by atoms with Crippen LogP contribution in [0.4, 0.5) is 8.78 Å². The lowest BCUT2D eigenvalue weighted by Crippen LogP contribution is -2.39. The van der Waals surface area contributed by atoms with Crippen LogP contribution in [0.25, 0.3) is 0 Å². The molecule has 0 amide bonds. The van der Waals surface area contributed by atoms with E-state index in [1.54, 1.807) is 10.7 Å². The first kappa shape index (κ1) is 14.9. The van der Waals surface area contributed by atoms with E-state index >= 15 is 0 Å². The maximum Gasteiger partial charge on any atom is 0.173 e. The average molecular weight is 327 g/mol. The number of aromatic nitrogens is 4. The minimum atomic E-state index is -0.864. The summed E-state index contributed by atoms with van der Waals surface area (Å²) in [6.07, 6.45) is 0. The molecule has 122 valence electrons. The van der Waals surface area contributed by atoms with Gasteiger partial charge in [-0.1, -0.05) is 42.5 Å². The predicted octanol–water partition coefficient (Wildman–Crippen LogP) is 2.56. The maximum absolute atomic E-state index is 14.4. The average Bonchev–Trinajstić information content (AvgIpc) is 3.07. The van der Waals surface area contributed by atoms with E-state index in [0.29, 0.717) is 25.5 Å². The van der Waals surface area contributed by atoms with Crippen molar-refractivity contribution < 1.29 is 8.78 Å². The minimum absolute atomic E-state index is 0.252. The van der Waals surface area contributed by atoms with Gasteiger partial charge in [-0.15, -0.1) is 5.10 Å². The number of hydrogen-bond donors (Lipinski definition) is 0. The zero-order valence-corrected chi connectivity index (χ0v) is 12.8. The molecule has 0 bridgehead atoms. The Morgan fingerprint density at radius 1 is 1.00 bits per heavy atom. The second-order valence-corrected chi connectivity index (χ2v) is 5.76. The van der Waals surface area contributed by atoms with Crippen molar-refractivity contribution in [2.75, 3.05) is 6.54 Å². The molecule has 3 aromatic rings. The first-order valence-corrected chi connectivity index (χ1v) is 7.72. The molecule has 0 saturated carbocycles. The highest BCUT2D eigenvalue weighted by Gasteiger charge is 2.34. The molecule has 4 rings (SSSR count). The summed E-state index contributed by atoms with van der Waals surface area (Å²) in [7, 11) is 0. The second kappa shape index (κ2) is 6.09. The van der Waals surface area contributed by atoms with Gasteiger partial charge in [0, 0.05) is 18.7 Å². The molecular formula is C17H15F2N5. The van der Waals surface area contributed by atoms with Crippen molar-refractivity contribution in [3.8, 4) is 0 Å². The fraction of sp³-hybridized carbons (Fsp3) is 0.235. The van der Waals surface area contributed by atoms with Crippen LogP contribution < -0.4 is 0 Å². The summed E-state index contributed by atoms with van der Waals surface area (Å²) in [6, 6.07) is 13.6. The van der Waals surface area contributed by atoms with Gasteiger partial charge in [0.05, 0.1) is 6.54 Å². The van der Waals surface area contributed by atoms with Crippen LogP contribution in [0, 0.1) is 11.6 Å². The molecular weight excluding hydrogens is 312 g/mol. The predicted molar refractivity (Wildman–Crippen MR) is 82.9 cm³/mol. The second-order valence-electron chi connectivity index (χ2n) is 5.76. The van der Waals surface area contributed by atoms with E-state index in [1.165, 1.54) is 6.07 Å². The lowest BCUT2D eigenvalue weighted by molar-refractivity contribution is 0.160. The Morgan fingerprint density at radius 2 is 1.83 bits per heavy atom. The standard InChI is InChI=1S/C17H15F2N5/c18-14-8-4-7-13(15(14)19)16-17-20-21-22-24(17)10-9-23(16)11-12-5-2-1-3-6-12/h1-8,16H,9-11H2. The van der Waals surface area contributed by atoms with Crippen molar-refractivity contribution in [3.05, 3.63) is 77.1 Å². The van der Waals surface area contributed by atoms with Gasteiger partial charge in [-0.3, -0.25) is 4.90 Å². The number of halogens is 2. The Kier molecular flexibility index (Phi) is 3.78. The van der Waals surface area contributed by atoms with Crippen LogP contribution in [0.3, 0.4) is 0 Å². The third-order valence-electron chi connectivity index (χ3n) is 4.27. The number of hydrogen-bond acceptors (Lipinski definition) is 4. The van der Waals surface area contributed by atoms with E-state index in [4.69, 9.17) is 0 Å². The molecule has 1 atom stereocenters. The van der Waals surface area contributed by atoms with Crippen molar-refractivity contribution in [2.45, 2.75) is 19.1 Å². The molecule has 0 aliphatic carbocycles. The number of benzene rings is 2. The van der Waals surface area contributed by atoms with E-state index in [9.17, 15) is 8.78 Å². The fourth-order valence-corrected chi connectivity index (χ4v) is 3.14. The minimum Gasteiger partial charge on any atom is -0.283 e. The molecule has 1 aromatic heterocycles. The van der Waals surface area contributed by atoms with Gasteiger partial charge in [0.1, 0.15) is 6.04 Å². The summed E-state index contributed by atoms with van der Waals surface area (Å²) in [6.45, 7) is 1.87. The van der Waals surface area contributed by atoms with E-state index in [1.807, 2.05) is 30.3 Å². The van der Waals surface area contributed by atoms with E-state index in [2.05, 4.69) is 20.4 Å². The third kappa shape index (κ3) is 2.56. The molecule has 0 fully saturated rings. The number of fused-ring (bicyclic) bond motifs is 1. The molecule has 2 heterocycles. The molecule has 2 aromatic carbocycles. The Labute approximate surface area is 137 Å². The van der Waals surface area contributed by atoms with E-state index in [0.717, 1.165) is 11.6 Å². The SMILES string of the molecule is Fc1cccc(C2c3nnnn3CCN2Cc2ccccc2)c1F. The van der Waals surface area contributed by atoms with Gasteiger partial charge in [-0.25, -0.2) is 13.5 Å². The summed E-state index contributed by atoms with van der Waals surface area (Å²) in [5.74, 6) is -1.18. The highest BCUT2D eigenvalue weighted by Crippen LogP contribution is 2.33. The van der Waals surface area contributed by atoms with Crippen LogP contribution in [0.1, 0.15) is 23.0 Å². The van der Waals surface area contributed by atoms with Crippen molar-refractivity contribution >= 4 is 0 Å². The third-order valence-corrected chi connectivity index (χ3v) is 4.27. The molecule has 1 aliphatic heterocycles. The van der Waals surface area contributed by atoms with Crippen molar-refractivity contribution in [3.63, 3.8) is 0 Å². The molecule has 0 saturated heterocycles. The summed E-state index contributed by atoms with van der Waals surface area (Å²) >= 11 is 0. The Morgan fingerprint density at radius 3 is 2.67 bits per heavy atom. The normalized spacial score (nSPS) is 17.7. The van der Waals surface area contributed by atoms with Gasteiger partial charge in [0.25, 0.3) is 0 Å². The Balaban J connectivity index is 1.77. The van der Waals surface area contributed by atoms with Gasteiger partial charge in [0.15, 0.2) is 17.5 Å². The molecule has 1 aliphatic rings. The van der Waals surface area contributed by atoms with Crippen molar-refractivity contribution in [1.29, 1.82) is 0 Å². The monoisotopic (exact) mass is 327 g/mol. The van der Waals surface area contributed by atoms with Crippen LogP contribution in [-0.2, 0) is 13.1 Å². The molecule has 0 radical (unpaired) electrons. The summed E-state index contributed by atoms with van der Waals surface area (Å²) in [4.78, 5) is 2.07. The van der Waals surface area contributed by atoms with Gasteiger partial charge in [-0.2, -0.15) is 0 Å². The van der Waals surface area contributed by atoms with Crippen molar-refractivity contribution in [2.24, 2.45) is 0 Å². The van der Waals surface area contributed by atoms with Crippen LogP contribution in [0.2, 0.25) is 0 Å². The lowest BCUT2D eigenvalue weighted by Gasteiger charge is -2.35. The van der Waals surface area contributed by atoms with Gasteiger partial charge in [0.2, 0.25) is 0 Å². The highest BCUT2D eigenvalue weighted by molar-refractivity contribution is 5.28. The maximum atomic E-state index is 14.4. The van der Waals surface area contributed by atoms with Crippen LogP contribution in [0.5, 0.6) is 0 Å². The molecule has 0 spiro atoms. The quantitative estimate of drug-likeness (QED) is 0.742. The topological polar surface area (TPSA) is 46.8 Å². The van der Waals surface area contributed by atoms with Crippen LogP contribution in [-0.4, -0.2) is 31.7 Å². The zero-order chi connectivity index (χ0) is 16.5. The molecule has 1 unspecified atom stereocenters. The number of rotatable bonds is 3. The van der Waals surface area contributed by atoms with Crippen LogP contribution >= 0.6 is 0 Å². The largest absolute Gasteiger partial charge is 0.283 e. The van der Waals surface area contributed by atoms with Crippen LogP contribution in [0.15, 0.2) is 48.5 Å². The van der Waals surface area contributed by atoms with Gasteiger partial charge in [-0.05, 0) is 22.1 Å². The molecule has 7 heteroatoms. The first-order valence-electron chi connectivity index (χ1n) is 7.72. The zero-order valence-electron chi connectivity index (χ0n) is 12.8. The first-order chi connectivity index (χ1) is 11.7.